The van der Waals surface area contributed by atoms with Gasteiger partial charge in [-0.1, -0.05) is 24.1 Å². The molecule has 2 rings (SSSR count). The fourth-order valence-corrected chi connectivity index (χ4v) is 2.98. The van der Waals surface area contributed by atoms with Crippen LogP contribution in [-0.4, -0.2) is 41.3 Å². The quantitative estimate of drug-likeness (QED) is 0.652. The molecule has 1 aliphatic rings. The number of amides is 2. The van der Waals surface area contributed by atoms with Crippen molar-refractivity contribution in [1.29, 1.82) is 0 Å². The number of hydrogen-bond donors (Lipinski definition) is 2. The normalized spacial score (nSPS) is 17.7. The van der Waals surface area contributed by atoms with Gasteiger partial charge in [0, 0.05) is 24.9 Å². The number of hydrogen-bond acceptors (Lipinski definition) is 4. The van der Waals surface area contributed by atoms with Crippen LogP contribution in [0.4, 0.5) is 10.5 Å². The first-order chi connectivity index (χ1) is 12.9. The number of aliphatic imine (C=N–C) groups is 1. The molecule has 2 N–H and O–H groups in total. The van der Waals surface area contributed by atoms with Crippen molar-refractivity contribution in [3.8, 4) is 0 Å². The minimum Gasteiger partial charge on any atom is -0.465 e. The van der Waals surface area contributed by atoms with Gasteiger partial charge in [0.15, 0.2) is 5.78 Å². The predicted octanol–water partition coefficient (Wildman–Crippen LogP) is 3.08. The number of aryl methyl sites for hydroxylation is 1. The Hall–Kier alpha value is -2.96. The van der Waals surface area contributed by atoms with Gasteiger partial charge in [0.1, 0.15) is 0 Å². The van der Waals surface area contributed by atoms with E-state index < -0.39 is 11.8 Å². The van der Waals surface area contributed by atoms with Gasteiger partial charge in [-0.05, 0) is 51.0 Å². The number of carbonyl (C=O) groups excluding carboxylic acids is 2. The molecule has 0 saturated carbocycles. The van der Waals surface area contributed by atoms with Gasteiger partial charge in [-0.2, -0.15) is 0 Å². The number of benzene rings is 1. The third-order valence-corrected chi connectivity index (χ3v) is 4.43. The van der Waals surface area contributed by atoms with Crippen LogP contribution in [0, 0.1) is 6.92 Å². The zero-order chi connectivity index (χ0) is 19.9. The topological polar surface area (TPSA) is 99.1 Å². The predicted molar refractivity (Wildman–Crippen MR) is 104 cm³/mol. The standard InChI is InChI=1S/C20H25N3O4/c1-15-8-10-17(11-9-15)23(20(16(2)24)12-6-14-22-20)18(25)7-4-3-5-13-21-19(26)27/h6,8-12,14,21H,3-5,7,13H2,1-2H3,(H,26,27). The molecule has 0 radical (unpaired) electrons. The zero-order valence-electron chi connectivity index (χ0n) is 15.6. The number of carboxylic acid groups (broad SMARTS) is 1. The van der Waals surface area contributed by atoms with Crippen LogP contribution < -0.4 is 10.2 Å². The van der Waals surface area contributed by atoms with Gasteiger partial charge in [0.25, 0.3) is 0 Å². The largest absolute Gasteiger partial charge is 0.465 e. The van der Waals surface area contributed by atoms with Gasteiger partial charge >= 0.3 is 6.09 Å². The molecule has 1 unspecified atom stereocenters. The molecule has 0 spiro atoms. The molecule has 27 heavy (non-hydrogen) atoms. The molecule has 0 aromatic heterocycles. The molecular weight excluding hydrogens is 346 g/mol. The maximum Gasteiger partial charge on any atom is 0.404 e. The molecule has 1 aromatic carbocycles. The molecule has 1 atom stereocenters. The molecule has 0 fully saturated rings. The van der Waals surface area contributed by atoms with Crippen LogP contribution >= 0.6 is 0 Å². The lowest BCUT2D eigenvalue weighted by Crippen LogP contribution is -2.53. The summed E-state index contributed by atoms with van der Waals surface area (Å²) < 4.78 is 0. The van der Waals surface area contributed by atoms with Crippen LogP contribution in [0.15, 0.2) is 41.4 Å². The van der Waals surface area contributed by atoms with Crippen LogP contribution in [0.25, 0.3) is 0 Å². The van der Waals surface area contributed by atoms with Crippen molar-refractivity contribution in [2.45, 2.75) is 45.2 Å². The van der Waals surface area contributed by atoms with Crippen molar-refractivity contribution in [2.24, 2.45) is 4.99 Å². The van der Waals surface area contributed by atoms with Gasteiger partial charge in [-0.25, -0.2) is 4.79 Å². The molecule has 144 valence electrons. The van der Waals surface area contributed by atoms with Crippen LogP contribution in [0.3, 0.4) is 0 Å². The summed E-state index contributed by atoms with van der Waals surface area (Å²) in [4.78, 5) is 41.6. The van der Waals surface area contributed by atoms with Crippen molar-refractivity contribution >= 4 is 29.7 Å². The average Bonchev–Trinajstić information content (AvgIpc) is 3.10. The Morgan fingerprint density at radius 3 is 2.41 bits per heavy atom. The van der Waals surface area contributed by atoms with E-state index in [4.69, 9.17) is 5.11 Å². The number of rotatable bonds is 9. The van der Waals surface area contributed by atoms with Crippen LogP contribution in [-0.2, 0) is 9.59 Å². The molecule has 2 amide bonds. The summed E-state index contributed by atoms with van der Waals surface area (Å²) in [5, 5.41) is 10.9. The maximum absolute atomic E-state index is 13.0. The summed E-state index contributed by atoms with van der Waals surface area (Å²) in [5.41, 5.74) is 0.341. The van der Waals surface area contributed by atoms with E-state index in [0.717, 1.165) is 5.56 Å². The van der Waals surface area contributed by atoms with Crippen molar-refractivity contribution in [1.82, 2.24) is 5.32 Å². The first-order valence-corrected chi connectivity index (χ1v) is 8.97. The Balaban J connectivity index is 2.13. The minimum absolute atomic E-state index is 0.191. The third kappa shape index (κ3) is 5.03. The number of carbonyl (C=O) groups is 3. The van der Waals surface area contributed by atoms with Crippen molar-refractivity contribution in [2.75, 3.05) is 11.4 Å². The highest BCUT2D eigenvalue weighted by molar-refractivity contribution is 6.07. The molecule has 1 aromatic rings. The number of unbranched alkanes of at least 4 members (excludes halogenated alkanes) is 2. The highest BCUT2D eigenvalue weighted by atomic mass is 16.4. The monoisotopic (exact) mass is 371 g/mol. The smallest absolute Gasteiger partial charge is 0.404 e. The molecular formula is C20H25N3O4. The van der Waals surface area contributed by atoms with E-state index in [1.54, 1.807) is 12.2 Å². The Morgan fingerprint density at radius 2 is 1.85 bits per heavy atom. The highest BCUT2D eigenvalue weighted by Crippen LogP contribution is 2.31. The van der Waals surface area contributed by atoms with Gasteiger partial charge in [0.05, 0.1) is 0 Å². The second-order valence-electron chi connectivity index (χ2n) is 6.53. The van der Waals surface area contributed by atoms with Gasteiger partial charge < -0.3 is 10.4 Å². The number of nitrogens with one attached hydrogen (secondary N) is 1. The van der Waals surface area contributed by atoms with Crippen molar-refractivity contribution in [3.05, 3.63) is 42.0 Å². The maximum atomic E-state index is 13.0. The first-order valence-electron chi connectivity index (χ1n) is 8.97. The van der Waals surface area contributed by atoms with E-state index >= 15 is 0 Å². The number of allylic oxidation sites excluding steroid dienone is 1. The molecule has 1 aliphatic heterocycles. The Bertz CT molecular complexity index is 741. The summed E-state index contributed by atoms with van der Waals surface area (Å²) in [5.74, 6) is -0.420. The summed E-state index contributed by atoms with van der Waals surface area (Å²) in [7, 11) is 0. The van der Waals surface area contributed by atoms with E-state index in [-0.39, 0.29) is 18.1 Å². The Kier molecular flexibility index (Phi) is 6.87. The van der Waals surface area contributed by atoms with Crippen LogP contribution in [0.1, 0.15) is 38.2 Å². The molecule has 7 heteroatoms. The fraction of sp³-hybridized carbons (Fsp3) is 0.400. The van der Waals surface area contributed by atoms with Crippen LogP contribution in [0.5, 0.6) is 0 Å². The Morgan fingerprint density at radius 1 is 1.15 bits per heavy atom. The first kappa shape index (κ1) is 20.4. The molecule has 1 heterocycles. The summed E-state index contributed by atoms with van der Waals surface area (Å²) in [6, 6.07) is 7.42. The summed E-state index contributed by atoms with van der Waals surface area (Å²) in [6.45, 7) is 3.74. The number of ketones is 1. The molecule has 0 aliphatic carbocycles. The van der Waals surface area contributed by atoms with E-state index in [9.17, 15) is 14.4 Å². The van der Waals surface area contributed by atoms with Crippen molar-refractivity contribution < 1.29 is 19.5 Å². The molecule has 0 bridgehead atoms. The van der Waals surface area contributed by atoms with Crippen LogP contribution in [0.2, 0.25) is 0 Å². The highest BCUT2D eigenvalue weighted by Gasteiger charge is 2.43. The van der Waals surface area contributed by atoms with Gasteiger partial charge in [0.2, 0.25) is 11.6 Å². The lowest BCUT2D eigenvalue weighted by Gasteiger charge is -2.36. The number of nitrogens with zero attached hydrogens (tertiary/aromatic N) is 2. The third-order valence-electron chi connectivity index (χ3n) is 4.43. The second kappa shape index (κ2) is 9.12. The van der Waals surface area contributed by atoms with E-state index in [0.29, 0.717) is 31.5 Å². The van der Waals surface area contributed by atoms with E-state index in [2.05, 4.69) is 10.3 Å². The number of Topliss-reactive ketones (excluding diaryl/α,β-unsaturated/α-hetero) is 1. The summed E-state index contributed by atoms with van der Waals surface area (Å²) in [6.07, 6.45) is 6.01. The van der Waals surface area contributed by atoms with E-state index in [1.165, 1.54) is 18.0 Å². The second-order valence-corrected chi connectivity index (χ2v) is 6.53. The number of anilines is 1. The lowest BCUT2D eigenvalue weighted by atomic mass is 10.0. The lowest BCUT2D eigenvalue weighted by molar-refractivity contribution is -0.126. The zero-order valence-corrected chi connectivity index (χ0v) is 15.6. The van der Waals surface area contributed by atoms with Crippen molar-refractivity contribution in [3.63, 3.8) is 0 Å². The van der Waals surface area contributed by atoms with E-state index in [1.807, 2.05) is 31.2 Å². The molecule has 7 nitrogen and oxygen atoms in total. The SMILES string of the molecule is CC(=O)C1(N(C(=O)CCCCCNC(=O)O)c2ccc(C)cc2)C=CC=N1. The molecule has 0 saturated heterocycles. The fourth-order valence-electron chi connectivity index (χ4n) is 2.98. The minimum atomic E-state index is -1.34. The summed E-state index contributed by atoms with van der Waals surface area (Å²) >= 11 is 0. The van der Waals surface area contributed by atoms with Gasteiger partial charge in [-0.3, -0.25) is 19.5 Å². The van der Waals surface area contributed by atoms with Gasteiger partial charge in [-0.15, -0.1) is 0 Å². The average molecular weight is 371 g/mol. The Labute approximate surface area is 158 Å².